The van der Waals surface area contributed by atoms with E-state index in [2.05, 4.69) is 21.2 Å². The molecule has 2 unspecified atom stereocenters. The molecule has 2 aromatic carbocycles. The molecule has 2 atom stereocenters. The van der Waals surface area contributed by atoms with Crippen molar-refractivity contribution < 1.29 is 18.7 Å². The van der Waals surface area contributed by atoms with Crippen LogP contribution in [-0.2, 0) is 16.1 Å². The van der Waals surface area contributed by atoms with Gasteiger partial charge in [0.25, 0.3) is 5.91 Å². The lowest BCUT2D eigenvalue weighted by Gasteiger charge is -2.31. The molecule has 2 amide bonds. The second-order valence-corrected chi connectivity index (χ2v) is 8.54. The molecule has 0 radical (unpaired) electrons. The minimum atomic E-state index is -0.677. The molecule has 0 bridgehead atoms. The summed E-state index contributed by atoms with van der Waals surface area (Å²) < 4.78 is 19.6. The summed E-state index contributed by atoms with van der Waals surface area (Å²) in [5.74, 6) is -0.465. The Morgan fingerprint density at radius 3 is 2.42 bits per heavy atom. The van der Waals surface area contributed by atoms with Crippen LogP contribution >= 0.6 is 27.5 Å². The van der Waals surface area contributed by atoms with Gasteiger partial charge in [-0.2, -0.15) is 0 Å². The van der Waals surface area contributed by atoms with E-state index in [9.17, 15) is 14.0 Å². The zero-order valence-corrected chi connectivity index (χ0v) is 20.2. The van der Waals surface area contributed by atoms with Crippen molar-refractivity contribution in [2.75, 3.05) is 6.61 Å². The third-order valence-electron chi connectivity index (χ3n) is 4.90. The average molecular weight is 514 g/mol. The first-order valence-corrected chi connectivity index (χ1v) is 11.3. The molecule has 0 saturated heterocycles. The largest absolute Gasteiger partial charge is 0.483 e. The number of rotatable bonds is 10. The van der Waals surface area contributed by atoms with Crippen LogP contribution in [0.25, 0.3) is 0 Å². The Morgan fingerprint density at radius 1 is 1.16 bits per heavy atom. The predicted octanol–water partition coefficient (Wildman–Crippen LogP) is 5.34. The van der Waals surface area contributed by atoms with Gasteiger partial charge < -0.3 is 15.0 Å². The Labute approximate surface area is 196 Å². The summed E-state index contributed by atoms with van der Waals surface area (Å²) >= 11 is 9.31. The molecule has 5 nitrogen and oxygen atoms in total. The lowest BCUT2D eigenvalue weighted by atomic mass is 10.1. The first kappa shape index (κ1) is 25.1. The number of amides is 2. The van der Waals surface area contributed by atoms with Crippen LogP contribution in [0.1, 0.15) is 39.2 Å². The molecule has 1 N–H and O–H groups in total. The number of nitrogens with one attached hydrogen (secondary N) is 1. The van der Waals surface area contributed by atoms with Gasteiger partial charge in [-0.05, 0) is 71.6 Å². The summed E-state index contributed by atoms with van der Waals surface area (Å²) in [4.78, 5) is 27.5. The molecule has 31 heavy (non-hydrogen) atoms. The van der Waals surface area contributed by atoms with Crippen molar-refractivity contribution in [2.24, 2.45) is 0 Å². The fraction of sp³-hybridized carbons (Fsp3) is 0.391. The maximum Gasteiger partial charge on any atom is 0.261 e. The maximum atomic E-state index is 13.3. The van der Waals surface area contributed by atoms with Crippen LogP contribution in [0.15, 0.2) is 46.9 Å². The fourth-order valence-electron chi connectivity index (χ4n) is 2.96. The smallest absolute Gasteiger partial charge is 0.261 e. The number of hydrogen-bond donors (Lipinski definition) is 1. The zero-order valence-electron chi connectivity index (χ0n) is 17.8. The number of benzene rings is 2. The van der Waals surface area contributed by atoms with Gasteiger partial charge in [-0.1, -0.05) is 37.6 Å². The van der Waals surface area contributed by atoms with Gasteiger partial charge >= 0.3 is 0 Å². The molecule has 2 rings (SSSR count). The van der Waals surface area contributed by atoms with Gasteiger partial charge in [0.1, 0.15) is 17.6 Å². The number of halogens is 3. The van der Waals surface area contributed by atoms with E-state index in [-0.39, 0.29) is 36.8 Å². The van der Waals surface area contributed by atoms with Crippen LogP contribution in [0.3, 0.4) is 0 Å². The highest BCUT2D eigenvalue weighted by Crippen LogP contribution is 2.28. The molecule has 8 heteroatoms. The van der Waals surface area contributed by atoms with Crippen molar-refractivity contribution in [1.82, 2.24) is 10.2 Å². The van der Waals surface area contributed by atoms with Gasteiger partial charge in [-0.15, -0.1) is 0 Å². The normalized spacial score (nSPS) is 12.7. The molecule has 0 aliphatic carbocycles. The van der Waals surface area contributed by atoms with E-state index in [1.54, 1.807) is 30.3 Å². The zero-order chi connectivity index (χ0) is 23.0. The summed E-state index contributed by atoms with van der Waals surface area (Å²) in [7, 11) is 0. The first-order chi connectivity index (χ1) is 14.7. The Hall–Kier alpha value is -2.12. The molecule has 0 aromatic heterocycles. The van der Waals surface area contributed by atoms with Crippen LogP contribution in [0.2, 0.25) is 5.02 Å². The first-order valence-electron chi connectivity index (χ1n) is 10.2. The lowest BCUT2D eigenvalue weighted by molar-refractivity contribution is -0.143. The summed E-state index contributed by atoms with van der Waals surface area (Å²) in [5, 5.41) is 3.48. The number of ether oxygens (including phenoxy) is 1. The highest BCUT2D eigenvalue weighted by atomic mass is 79.9. The Balaban J connectivity index is 2.22. The van der Waals surface area contributed by atoms with E-state index < -0.39 is 6.04 Å². The number of carbonyl (C=O) groups is 2. The predicted molar refractivity (Wildman–Crippen MR) is 124 cm³/mol. The van der Waals surface area contributed by atoms with Crippen molar-refractivity contribution >= 4 is 39.3 Å². The third kappa shape index (κ3) is 7.51. The highest BCUT2D eigenvalue weighted by molar-refractivity contribution is 9.10. The highest BCUT2D eigenvalue weighted by Gasteiger charge is 2.29. The van der Waals surface area contributed by atoms with Crippen molar-refractivity contribution in [3.05, 3.63) is 63.3 Å². The maximum absolute atomic E-state index is 13.3. The van der Waals surface area contributed by atoms with Gasteiger partial charge in [-0.25, -0.2) is 4.39 Å². The summed E-state index contributed by atoms with van der Waals surface area (Å²) in [6.45, 7) is 5.65. The van der Waals surface area contributed by atoms with E-state index in [0.29, 0.717) is 21.7 Å². The summed E-state index contributed by atoms with van der Waals surface area (Å²) in [5.41, 5.74) is 0.720. The van der Waals surface area contributed by atoms with Crippen molar-refractivity contribution in [1.29, 1.82) is 0 Å². The number of hydrogen-bond acceptors (Lipinski definition) is 3. The quantitative estimate of drug-likeness (QED) is 0.466. The second-order valence-electron chi connectivity index (χ2n) is 7.25. The molecule has 168 valence electrons. The average Bonchev–Trinajstić information content (AvgIpc) is 2.74. The molecule has 0 aliphatic rings. The van der Waals surface area contributed by atoms with Crippen molar-refractivity contribution in [2.45, 2.75) is 52.2 Å². The van der Waals surface area contributed by atoms with E-state index in [4.69, 9.17) is 16.3 Å². The van der Waals surface area contributed by atoms with Gasteiger partial charge in [0.15, 0.2) is 6.61 Å². The number of carbonyl (C=O) groups excluding carboxylic acids is 2. The number of nitrogens with zero attached hydrogens (tertiary/aromatic N) is 1. The van der Waals surface area contributed by atoms with E-state index in [0.717, 1.165) is 12.0 Å². The van der Waals surface area contributed by atoms with Gasteiger partial charge in [-0.3, -0.25) is 9.59 Å². The summed E-state index contributed by atoms with van der Waals surface area (Å²) in [6.07, 6.45) is 1.21. The lowest BCUT2D eigenvalue weighted by Crippen LogP contribution is -2.51. The Bertz CT molecular complexity index is 895. The van der Waals surface area contributed by atoms with Gasteiger partial charge in [0.05, 0.1) is 4.47 Å². The van der Waals surface area contributed by atoms with Gasteiger partial charge in [0.2, 0.25) is 5.91 Å². The SMILES string of the molecule is CCC(C)NC(=O)C(CC)N(Cc1ccc(F)cc1)C(=O)COc1ccc(Cl)cc1Br. The Kier molecular flexibility index (Phi) is 9.78. The molecular formula is C23H27BrClFN2O3. The van der Waals surface area contributed by atoms with E-state index in [1.807, 2.05) is 20.8 Å². The second kappa shape index (κ2) is 12.1. The third-order valence-corrected chi connectivity index (χ3v) is 5.75. The van der Waals surface area contributed by atoms with Crippen LogP contribution < -0.4 is 10.1 Å². The van der Waals surface area contributed by atoms with Crippen molar-refractivity contribution in [3.8, 4) is 5.75 Å². The van der Waals surface area contributed by atoms with Crippen LogP contribution in [0.5, 0.6) is 5.75 Å². The minimum absolute atomic E-state index is 0.00871. The Morgan fingerprint density at radius 2 is 1.84 bits per heavy atom. The molecular weight excluding hydrogens is 487 g/mol. The molecule has 2 aromatic rings. The van der Waals surface area contributed by atoms with E-state index in [1.165, 1.54) is 17.0 Å². The van der Waals surface area contributed by atoms with Crippen LogP contribution in [0, 0.1) is 5.82 Å². The van der Waals surface area contributed by atoms with Crippen LogP contribution in [-0.4, -0.2) is 35.4 Å². The molecule has 0 saturated carbocycles. The monoisotopic (exact) mass is 512 g/mol. The summed E-state index contributed by atoms with van der Waals surface area (Å²) in [6, 6.07) is 10.2. The van der Waals surface area contributed by atoms with Crippen molar-refractivity contribution in [3.63, 3.8) is 0 Å². The molecule has 0 fully saturated rings. The molecule has 0 heterocycles. The van der Waals surface area contributed by atoms with Gasteiger partial charge in [0, 0.05) is 17.6 Å². The van der Waals surface area contributed by atoms with E-state index >= 15 is 0 Å². The fourth-order valence-corrected chi connectivity index (χ4v) is 3.76. The minimum Gasteiger partial charge on any atom is -0.483 e. The molecule has 0 aliphatic heterocycles. The standard InChI is InChI=1S/C23H27BrClFN2O3/c1-4-15(3)27-23(30)20(5-2)28(13-16-6-9-18(26)10-7-16)22(29)14-31-21-11-8-17(25)12-19(21)24/h6-12,15,20H,4-5,13-14H2,1-3H3,(H,27,30). The molecule has 0 spiro atoms. The topological polar surface area (TPSA) is 58.6 Å². The van der Waals surface area contributed by atoms with Crippen LogP contribution in [0.4, 0.5) is 4.39 Å².